The van der Waals surface area contributed by atoms with Gasteiger partial charge in [0, 0.05) is 24.1 Å². The number of hydrogen-bond donors (Lipinski definition) is 1. The van der Waals surface area contributed by atoms with E-state index in [1.165, 1.54) is 38.8 Å². The van der Waals surface area contributed by atoms with E-state index in [0.717, 1.165) is 23.8 Å². The first kappa shape index (κ1) is 14.1. The van der Waals surface area contributed by atoms with Crippen molar-refractivity contribution in [1.29, 1.82) is 0 Å². The molecule has 1 aromatic heterocycles. The van der Waals surface area contributed by atoms with Crippen molar-refractivity contribution < 1.29 is 0 Å². The molecule has 2 heterocycles. The highest BCUT2D eigenvalue weighted by molar-refractivity contribution is 6.30. The number of hydrogen-bond acceptors (Lipinski definition) is 4. The third kappa shape index (κ3) is 3.23. The van der Waals surface area contributed by atoms with E-state index in [1.807, 2.05) is 6.92 Å². The van der Waals surface area contributed by atoms with Gasteiger partial charge in [-0.25, -0.2) is 9.97 Å². The predicted molar refractivity (Wildman–Crippen MR) is 82.5 cm³/mol. The Morgan fingerprint density at radius 3 is 2.65 bits per heavy atom. The minimum absolute atomic E-state index is 0.379. The molecule has 20 heavy (non-hydrogen) atoms. The summed E-state index contributed by atoms with van der Waals surface area (Å²) in [7, 11) is 0. The van der Waals surface area contributed by atoms with Gasteiger partial charge in [-0.15, -0.1) is 0 Å². The molecule has 1 unspecified atom stereocenters. The lowest BCUT2D eigenvalue weighted by Crippen LogP contribution is -2.33. The van der Waals surface area contributed by atoms with E-state index in [0.29, 0.717) is 17.1 Å². The van der Waals surface area contributed by atoms with Crippen molar-refractivity contribution in [2.45, 2.75) is 51.5 Å². The molecule has 1 aromatic rings. The van der Waals surface area contributed by atoms with Crippen molar-refractivity contribution >= 4 is 17.4 Å². The summed E-state index contributed by atoms with van der Waals surface area (Å²) in [6, 6.07) is 0.379. The van der Waals surface area contributed by atoms with Crippen molar-refractivity contribution in [2.75, 3.05) is 25.0 Å². The van der Waals surface area contributed by atoms with Crippen LogP contribution in [-0.2, 0) is 0 Å². The molecule has 0 radical (unpaired) electrons. The first-order valence-electron chi connectivity index (χ1n) is 7.66. The van der Waals surface area contributed by atoms with Crippen LogP contribution in [-0.4, -0.2) is 40.5 Å². The van der Waals surface area contributed by atoms with Crippen molar-refractivity contribution in [3.8, 4) is 0 Å². The van der Waals surface area contributed by atoms with Crippen LogP contribution in [0.15, 0.2) is 0 Å². The van der Waals surface area contributed by atoms with E-state index in [-0.39, 0.29) is 0 Å². The first-order chi connectivity index (χ1) is 9.63. The largest absolute Gasteiger partial charge is 0.366 e. The van der Waals surface area contributed by atoms with Gasteiger partial charge in [0.2, 0.25) is 0 Å². The maximum absolute atomic E-state index is 6.24. The fourth-order valence-corrected chi connectivity index (χ4v) is 2.98. The maximum atomic E-state index is 6.24. The van der Waals surface area contributed by atoms with Crippen molar-refractivity contribution in [2.24, 2.45) is 0 Å². The van der Waals surface area contributed by atoms with Gasteiger partial charge >= 0.3 is 0 Å². The zero-order valence-electron chi connectivity index (χ0n) is 12.3. The molecule has 0 bridgehead atoms. The average Bonchev–Trinajstić information content (AvgIpc) is 3.14. The lowest BCUT2D eigenvalue weighted by molar-refractivity contribution is 0.327. The molecule has 4 nitrogen and oxygen atoms in total. The number of nitrogens with one attached hydrogen (secondary N) is 1. The molecule has 1 N–H and O–H groups in total. The third-order valence-electron chi connectivity index (χ3n) is 4.16. The molecule has 1 atom stereocenters. The molecular weight excluding hydrogens is 272 g/mol. The van der Waals surface area contributed by atoms with E-state index in [1.54, 1.807) is 0 Å². The van der Waals surface area contributed by atoms with E-state index in [4.69, 9.17) is 11.6 Å². The number of halogens is 1. The molecule has 1 aliphatic heterocycles. The Hall–Kier alpha value is -0.870. The third-order valence-corrected chi connectivity index (χ3v) is 4.53. The van der Waals surface area contributed by atoms with Crippen LogP contribution in [0.25, 0.3) is 0 Å². The molecule has 2 aliphatic rings. The Labute approximate surface area is 125 Å². The van der Waals surface area contributed by atoms with Crippen LogP contribution < -0.4 is 5.32 Å². The summed E-state index contributed by atoms with van der Waals surface area (Å²) in [5.74, 6) is 2.36. The van der Waals surface area contributed by atoms with Crippen LogP contribution in [0.5, 0.6) is 0 Å². The second kappa shape index (κ2) is 5.86. The molecule has 3 rings (SSSR count). The van der Waals surface area contributed by atoms with Crippen LogP contribution in [0, 0.1) is 6.92 Å². The number of nitrogens with zero attached hydrogens (tertiary/aromatic N) is 3. The second-order valence-corrected chi connectivity index (χ2v) is 6.53. The van der Waals surface area contributed by atoms with Crippen LogP contribution >= 0.6 is 11.6 Å². The van der Waals surface area contributed by atoms with Gasteiger partial charge in [-0.2, -0.15) is 0 Å². The molecule has 2 fully saturated rings. The highest BCUT2D eigenvalue weighted by Gasteiger charge is 2.28. The van der Waals surface area contributed by atoms with Gasteiger partial charge < -0.3 is 10.2 Å². The van der Waals surface area contributed by atoms with E-state index in [9.17, 15) is 0 Å². The zero-order chi connectivity index (χ0) is 14.1. The smallest absolute Gasteiger partial charge is 0.137 e. The summed E-state index contributed by atoms with van der Waals surface area (Å²) in [4.78, 5) is 11.6. The maximum Gasteiger partial charge on any atom is 0.137 e. The standard InChI is InChI=1S/C15H23ClN4/c1-10(9-20-7-3-4-8-20)17-14-11(2)13(16)18-15(19-14)12-5-6-12/h10,12H,3-9H2,1-2H3,(H,17,18,19). The lowest BCUT2D eigenvalue weighted by atomic mass is 10.2. The van der Waals surface area contributed by atoms with E-state index >= 15 is 0 Å². The van der Waals surface area contributed by atoms with E-state index < -0.39 is 0 Å². The van der Waals surface area contributed by atoms with E-state index in [2.05, 4.69) is 27.1 Å². The summed E-state index contributed by atoms with van der Waals surface area (Å²) in [6.45, 7) is 7.72. The molecule has 0 amide bonds. The van der Waals surface area contributed by atoms with Gasteiger partial charge in [-0.05, 0) is 52.6 Å². The Morgan fingerprint density at radius 1 is 1.30 bits per heavy atom. The fourth-order valence-electron chi connectivity index (χ4n) is 2.80. The number of aromatic nitrogens is 2. The molecular formula is C15H23ClN4. The number of rotatable bonds is 5. The van der Waals surface area contributed by atoms with Gasteiger partial charge in [0.25, 0.3) is 0 Å². The Bertz CT molecular complexity index is 481. The minimum Gasteiger partial charge on any atom is -0.366 e. The fraction of sp³-hybridized carbons (Fsp3) is 0.733. The summed E-state index contributed by atoms with van der Waals surface area (Å²) in [5, 5.41) is 4.12. The normalized spacial score (nSPS) is 21.1. The topological polar surface area (TPSA) is 41.1 Å². The summed E-state index contributed by atoms with van der Waals surface area (Å²) in [5.41, 5.74) is 0.962. The van der Waals surface area contributed by atoms with Gasteiger partial charge in [0.15, 0.2) is 0 Å². The van der Waals surface area contributed by atoms with Crippen LogP contribution in [0.2, 0.25) is 5.15 Å². The van der Waals surface area contributed by atoms with Crippen molar-refractivity contribution in [3.05, 3.63) is 16.5 Å². The predicted octanol–water partition coefficient (Wildman–Crippen LogP) is 3.21. The van der Waals surface area contributed by atoms with Crippen LogP contribution in [0.1, 0.15) is 49.9 Å². The number of likely N-dealkylation sites (tertiary alicyclic amines) is 1. The highest BCUT2D eigenvalue weighted by atomic mass is 35.5. The summed E-state index contributed by atoms with van der Waals surface area (Å²) < 4.78 is 0. The lowest BCUT2D eigenvalue weighted by Gasteiger charge is -2.22. The molecule has 1 saturated heterocycles. The number of anilines is 1. The molecule has 1 saturated carbocycles. The van der Waals surface area contributed by atoms with Gasteiger partial charge in [0.1, 0.15) is 16.8 Å². The Morgan fingerprint density at radius 2 is 2.00 bits per heavy atom. The quantitative estimate of drug-likeness (QED) is 0.847. The molecule has 0 aromatic carbocycles. The van der Waals surface area contributed by atoms with Gasteiger partial charge in [0.05, 0.1) is 0 Å². The molecule has 1 aliphatic carbocycles. The monoisotopic (exact) mass is 294 g/mol. The summed E-state index contributed by atoms with van der Waals surface area (Å²) in [6.07, 6.45) is 5.05. The highest BCUT2D eigenvalue weighted by Crippen LogP contribution is 2.39. The van der Waals surface area contributed by atoms with Crippen LogP contribution in [0.3, 0.4) is 0 Å². The SMILES string of the molecule is Cc1c(Cl)nc(C2CC2)nc1NC(C)CN1CCCC1. The summed E-state index contributed by atoms with van der Waals surface area (Å²) >= 11 is 6.24. The molecule has 0 spiro atoms. The van der Waals surface area contributed by atoms with Gasteiger partial charge in [-0.3, -0.25) is 0 Å². The van der Waals surface area contributed by atoms with Crippen LogP contribution in [0.4, 0.5) is 5.82 Å². The zero-order valence-corrected chi connectivity index (χ0v) is 13.1. The average molecular weight is 295 g/mol. The van der Waals surface area contributed by atoms with Gasteiger partial charge in [-0.1, -0.05) is 11.6 Å². The second-order valence-electron chi connectivity index (χ2n) is 6.17. The molecule has 110 valence electrons. The minimum atomic E-state index is 0.379. The molecule has 5 heteroatoms. The van der Waals surface area contributed by atoms with Crippen molar-refractivity contribution in [3.63, 3.8) is 0 Å². The Balaban J connectivity index is 1.68. The Kier molecular flexibility index (Phi) is 4.13. The van der Waals surface area contributed by atoms with Crippen molar-refractivity contribution in [1.82, 2.24) is 14.9 Å². The first-order valence-corrected chi connectivity index (χ1v) is 8.04.